The summed E-state index contributed by atoms with van der Waals surface area (Å²) in [6, 6.07) is 14.8. The number of hydrogen-bond acceptors (Lipinski definition) is 5. The number of benzene rings is 3. The Morgan fingerprint density at radius 1 is 0.707 bits per heavy atom. The molecule has 2 aromatic heterocycles. The standard InChI is InChI=1S/C31H31N5O5/c1-16-7-9-22(13-18(16)3)34-30(38)27(20(5)32-34)29(25-15-24(36(40)41)11-12-26(25)37)28-21(6)33-35(31(28)39)23-10-8-17(2)19(4)14-23/h7-15,29,32-33,37H,1-6H3. The van der Waals surface area contributed by atoms with Crippen LogP contribution >= 0.6 is 0 Å². The van der Waals surface area contributed by atoms with Gasteiger partial charge < -0.3 is 5.11 Å². The number of nitro groups is 1. The minimum atomic E-state index is -1.11. The predicted molar refractivity (Wildman–Crippen MR) is 157 cm³/mol. The van der Waals surface area contributed by atoms with Gasteiger partial charge in [0.1, 0.15) is 5.75 Å². The predicted octanol–water partition coefficient (Wildman–Crippen LogP) is 5.29. The molecule has 5 aromatic rings. The summed E-state index contributed by atoms with van der Waals surface area (Å²) in [6.45, 7) is 11.3. The molecule has 0 spiro atoms. The first kappa shape index (κ1) is 27.4. The van der Waals surface area contributed by atoms with Gasteiger partial charge in [0, 0.05) is 29.1 Å². The molecule has 0 aliphatic carbocycles. The van der Waals surface area contributed by atoms with Crippen LogP contribution in [0.5, 0.6) is 5.75 Å². The Bertz CT molecular complexity index is 1850. The Kier molecular flexibility index (Phi) is 6.78. The van der Waals surface area contributed by atoms with E-state index in [-0.39, 0.29) is 28.1 Å². The normalized spacial score (nSPS) is 11.4. The minimum absolute atomic E-state index is 0.0806. The van der Waals surface area contributed by atoms with Crippen LogP contribution in [0.1, 0.15) is 56.2 Å². The number of aryl methyl sites for hydroxylation is 6. The fourth-order valence-electron chi connectivity index (χ4n) is 5.23. The fourth-order valence-corrected chi connectivity index (χ4v) is 5.23. The first-order chi connectivity index (χ1) is 19.4. The van der Waals surface area contributed by atoms with E-state index in [2.05, 4.69) is 10.2 Å². The van der Waals surface area contributed by atoms with Crippen molar-refractivity contribution in [2.45, 2.75) is 47.5 Å². The lowest BCUT2D eigenvalue weighted by atomic mass is 9.84. The molecule has 10 heteroatoms. The zero-order valence-electron chi connectivity index (χ0n) is 23.7. The van der Waals surface area contributed by atoms with Gasteiger partial charge >= 0.3 is 0 Å². The van der Waals surface area contributed by atoms with Crippen molar-refractivity contribution in [3.8, 4) is 17.1 Å². The molecule has 0 fully saturated rings. The van der Waals surface area contributed by atoms with E-state index in [1.165, 1.54) is 27.6 Å². The SMILES string of the molecule is Cc1ccc(-n2[nH]c(C)c(C(c3cc([N+](=O)[O-])ccc3O)c3c(C)[nH]n(-c4ccc(C)c(C)c4)c3=O)c2=O)cc1C. The van der Waals surface area contributed by atoms with E-state index in [9.17, 15) is 24.8 Å². The summed E-state index contributed by atoms with van der Waals surface area (Å²) in [5.41, 5.74) is 5.60. The molecule has 0 aliphatic rings. The van der Waals surface area contributed by atoms with Crippen LogP contribution in [0, 0.1) is 51.7 Å². The summed E-state index contributed by atoms with van der Waals surface area (Å²) in [5, 5.41) is 28.9. The van der Waals surface area contributed by atoms with Gasteiger partial charge in [0.2, 0.25) is 0 Å². The summed E-state index contributed by atoms with van der Waals surface area (Å²) in [7, 11) is 0. The summed E-state index contributed by atoms with van der Waals surface area (Å²) < 4.78 is 2.78. The van der Waals surface area contributed by atoms with Crippen LogP contribution in [0.3, 0.4) is 0 Å². The first-order valence-electron chi connectivity index (χ1n) is 13.1. The van der Waals surface area contributed by atoms with E-state index >= 15 is 0 Å². The number of non-ortho nitro benzene ring substituents is 1. The number of nitro benzene ring substituents is 1. The zero-order valence-corrected chi connectivity index (χ0v) is 23.7. The van der Waals surface area contributed by atoms with Gasteiger partial charge in [-0.1, -0.05) is 12.1 Å². The van der Waals surface area contributed by atoms with E-state index in [4.69, 9.17) is 0 Å². The minimum Gasteiger partial charge on any atom is -0.508 e. The number of rotatable bonds is 6. The van der Waals surface area contributed by atoms with Crippen molar-refractivity contribution in [2.24, 2.45) is 0 Å². The highest BCUT2D eigenvalue weighted by Crippen LogP contribution is 2.38. The molecule has 0 unspecified atom stereocenters. The topological polar surface area (TPSA) is 139 Å². The van der Waals surface area contributed by atoms with Crippen molar-refractivity contribution >= 4 is 5.69 Å². The third-order valence-corrected chi connectivity index (χ3v) is 7.84. The van der Waals surface area contributed by atoms with Crippen molar-refractivity contribution < 1.29 is 10.0 Å². The number of nitrogens with one attached hydrogen (secondary N) is 2. The second kappa shape index (κ2) is 10.1. The highest BCUT2D eigenvalue weighted by atomic mass is 16.6. The second-order valence-corrected chi connectivity index (χ2v) is 10.6. The highest BCUT2D eigenvalue weighted by molar-refractivity contribution is 5.55. The van der Waals surface area contributed by atoms with E-state index in [0.29, 0.717) is 22.8 Å². The molecule has 0 atom stereocenters. The Hall–Kier alpha value is -5.12. The number of nitrogens with zero attached hydrogens (tertiary/aromatic N) is 3. The average Bonchev–Trinajstić information content (AvgIpc) is 3.38. The Morgan fingerprint density at radius 2 is 1.17 bits per heavy atom. The Labute approximate surface area is 235 Å². The maximum atomic E-state index is 14.1. The molecule has 0 saturated heterocycles. The Balaban J connectivity index is 1.82. The van der Waals surface area contributed by atoms with Gasteiger partial charge in [0.05, 0.1) is 33.3 Å². The quantitative estimate of drug-likeness (QED) is 0.194. The van der Waals surface area contributed by atoms with Crippen molar-refractivity contribution in [3.63, 3.8) is 0 Å². The van der Waals surface area contributed by atoms with Crippen LogP contribution < -0.4 is 11.1 Å². The fraction of sp³-hybridized carbons (Fsp3) is 0.226. The molecule has 10 nitrogen and oxygen atoms in total. The van der Waals surface area contributed by atoms with Gasteiger partial charge in [-0.05, 0) is 94.1 Å². The lowest BCUT2D eigenvalue weighted by Gasteiger charge is -2.17. The maximum absolute atomic E-state index is 14.1. The third-order valence-electron chi connectivity index (χ3n) is 7.84. The van der Waals surface area contributed by atoms with Gasteiger partial charge in [-0.15, -0.1) is 0 Å². The number of hydrogen-bond donors (Lipinski definition) is 3. The van der Waals surface area contributed by atoms with Crippen LogP contribution in [-0.4, -0.2) is 29.6 Å². The molecular formula is C31H31N5O5. The summed E-state index contributed by atoms with van der Waals surface area (Å²) in [5.74, 6) is -1.38. The number of aromatic hydroxyl groups is 1. The molecule has 5 rings (SSSR count). The first-order valence-corrected chi connectivity index (χ1v) is 13.1. The summed E-state index contributed by atoms with van der Waals surface area (Å²) in [6.07, 6.45) is 0. The van der Waals surface area contributed by atoms with Crippen molar-refractivity contribution in [2.75, 3.05) is 0 Å². The van der Waals surface area contributed by atoms with Crippen LogP contribution in [0.15, 0.2) is 64.2 Å². The molecule has 3 N–H and O–H groups in total. The van der Waals surface area contributed by atoms with E-state index in [1.54, 1.807) is 13.8 Å². The van der Waals surface area contributed by atoms with Gasteiger partial charge in [-0.2, -0.15) is 0 Å². The molecular weight excluding hydrogens is 522 g/mol. The number of phenolic OH excluding ortho intramolecular Hbond substituents is 1. The molecule has 2 heterocycles. The van der Waals surface area contributed by atoms with Gasteiger partial charge in [0.15, 0.2) is 0 Å². The molecule has 0 amide bonds. The molecule has 3 aromatic carbocycles. The smallest absolute Gasteiger partial charge is 0.275 e. The number of phenols is 1. The van der Waals surface area contributed by atoms with Crippen molar-refractivity contribution in [3.05, 3.63) is 136 Å². The molecule has 0 aliphatic heterocycles. The maximum Gasteiger partial charge on any atom is 0.275 e. The third kappa shape index (κ3) is 4.67. The lowest BCUT2D eigenvalue weighted by molar-refractivity contribution is -0.384. The van der Waals surface area contributed by atoms with Gasteiger partial charge in [-0.3, -0.25) is 29.9 Å². The lowest BCUT2D eigenvalue weighted by Crippen LogP contribution is -2.25. The van der Waals surface area contributed by atoms with Crippen molar-refractivity contribution in [1.29, 1.82) is 0 Å². The van der Waals surface area contributed by atoms with Gasteiger partial charge in [-0.25, -0.2) is 9.36 Å². The largest absolute Gasteiger partial charge is 0.508 e. The Morgan fingerprint density at radius 3 is 1.59 bits per heavy atom. The summed E-state index contributed by atoms with van der Waals surface area (Å²) in [4.78, 5) is 39.3. The molecule has 41 heavy (non-hydrogen) atoms. The zero-order chi connectivity index (χ0) is 29.7. The van der Waals surface area contributed by atoms with E-state index in [0.717, 1.165) is 22.3 Å². The molecule has 0 radical (unpaired) electrons. The number of aromatic nitrogens is 4. The van der Waals surface area contributed by atoms with Crippen LogP contribution in [0.25, 0.3) is 11.4 Å². The number of aromatic amines is 2. The van der Waals surface area contributed by atoms with E-state index in [1.807, 2.05) is 64.1 Å². The monoisotopic (exact) mass is 553 g/mol. The van der Waals surface area contributed by atoms with Gasteiger partial charge in [0.25, 0.3) is 16.8 Å². The van der Waals surface area contributed by atoms with Crippen LogP contribution in [0.2, 0.25) is 0 Å². The van der Waals surface area contributed by atoms with Crippen LogP contribution in [0.4, 0.5) is 5.69 Å². The average molecular weight is 554 g/mol. The molecule has 0 saturated carbocycles. The second-order valence-electron chi connectivity index (χ2n) is 10.6. The van der Waals surface area contributed by atoms with E-state index < -0.39 is 22.0 Å². The number of H-pyrrole nitrogens is 2. The summed E-state index contributed by atoms with van der Waals surface area (Å²) >= 11 is 0. The van der Waals surface area contributed by atoms with Crippen LogP contribution in [-0.2, 0) is 0 Å². The molecule has 210 valence electrons. The molecule has 0 bridgehead atoms. The highest BCUT2D eigenvalue weighted by Gasteiger charge is 2.33. The van der Waals surface area contributed by atoms with Crippen molar-refractivity contribution in [1.82, 2.24) is 19.6 Å².